The SMILES string of the molecule is CNc1nc2ccccc2n2cc(-c3ccc(OC)cc3OC)nc12. The van der Waals surface area contributed by atoms with Gasteiger partial charge in [0.25, 0.3) is 0 Å². The minimum absolute atomic E-state index is 0.714. The van der Waals surface area contributed by atoms with Crippen LogP contribution in [0.5, 0.6) is 11.5 Å². The Morgan fingerprint density at radius 1 is 1.00 bits per heavy atom. The van der Waals surface area contributed by atoms with E-state index in [2.05, 4.69) is 10.3 Å². The number of anilines is 1. The highest BCUT2D eigenvalue weighted by Crippen LogP contribution is 2.34. The zero-order chi connectivity index (χ0) is 17.4. The highest BCUT2D eigenvalue weighted by atomic mass is 16.5. The predicted octanol–water partition coefficient (Wildman–Crippen LogP) is 3.61. The van der Waals surface area contributed by atoms with Gasteiger partial charge in [-0.25, -0.2) is 9.97 Å². The fourth-order valence-electron chi connectivity index (χ4n) is 2.97. The first-order chi connectivity index (χ1) is 12.2. The minimum atomic E-state index is 0.714. The molecule has 6 heteroatoms. The molecule has 6 nitrogen and oxygen atoms in total. The number of benzene rings is 2. The van der Waals surface area contributed by atoms with E-state index in [0.29, 0.717) is 5.75 Å². The molecule has 1 N–H and O–H groups in total. The zero-order valence-corrected chi connectivity index (χ0v) is 14.3. The van der Waals surface area contributed by atoms with Crippen molar-refractivity contribution in [2.75, 3.05) is 26.6 Å². The Kier molecular flexibility index (Phi) is 3.65. The Bertz CT molecular complexity index is 1070. The van der Waals surface area contributed by atoms with Crippen molar-refractivity contribution in [3.8, 4) is 22.8 Å². The molecule has 25 heavy (non-hydrogen) atoms. The van der Waals surface area contributed by atoms with Gasteiger partial charge in [-0.2, -0.15) is 0 Å². The molecule has 0 aliphatic carbocycles. The smallest absolute Gasteiger partial charge is 0.181 e. The van der Waals surface area contributed by atoms with Crippen LogP contribution in [0.4, 0.5) is 5.82 Å². The van der Waals surface area contributed by atoms with Crippen molar-refractivity contribution < 1.29 is 9.47 Å². The molecule has 126 valence electrons. The van der Waals surface area contributed by atoms with E-state index in [-0.39, 0.29) is 0 Å². The van der Waals surface area contributed by atoms with Crippen LogP contribution < -0.4 is 14.8 Å². The van der Waals surface area contributed by atoms with Gasteiger partial charge in [-0.05, 0) is 24.3 Å². The maximum absolute atomic E-state index is 5.52. The van der Waals surface area contributed by atoms with Crippen LogP contribution in [0.2, 0.25) is 0 Å². The fraction of sp³-hybridized carbons (Fsp3) is 0.158. The lowest BCUT2D eigenvalue weighted by Crippen LogP contribution is -1.98. The van der Waals surface area contributed by atoms with Crippen LogP contribution in [0, 0.1) is 0 Å². The summed E-state index contributed by atoms with van der Waals surface area (Å²) in [6.07, 6.45) is 2.00. The number of nitrogens with one attached hydrogen (secondary N) is 1. The summed E-state index contributed by atoms with van der Waals surface area (Å²) in [6.45, 7) is 0. The molecule has 0 fully saturated rings. The highest BCUT2D eigenvalue weighted by Gasteiger charge is 2.15. The quantitative estimate of drug-likeness (QED) is 0.618. The second kappa shape index (κ2) is 5.98. The first-order valence-corrected chi connectivity index (χ1v) is 7.93. The number of hydrogen-bond acceptors (Lipinski definition) is 5. The lowest BCUT2D eigenvalue weighted by atomic mass is 10.1. The van der Waals surface area contributed by atoms with Crippen LogP contribution in [-0.4, -0.2) is 35.6 Å². The predicted molar refractivity (Wildman–Crippen MR) is 98.6 cm³/mol. The number of aromatic nitrogens is 3. The summed E-state index contributed by atoms with van der Waals surface area (Å²) < 4.78 is 12.8. The molecular formula is C19H18N4O2. The summed E-state index contributed by atoms with van der Waals surface area (Å²) in [5.74, 6) is 2.19. The van der Waals surface area contributed by atoms with Crippen molar-refractivity contribution in [1.82, 2.24) is 14.4 Å². The number of nitrogens with zero attached hydrogens (tertiary/aromatic N) is 3. The van der Waals surface area contributed by atoms with Gasteiger partial charge in [0, 0.05) is 24.9 Å². The third-order valence-corrected chi connectivity index (χ3v) is 4.21. The maximum atomic E-state index is 5.52. The molecule has 0 saturated heterocycles. The minimum Gasteiger partial charge on any atom is -0.497 e. The summed E-state index contributed by atoms with van der Waals surface area (Å²) in [4.78, 5) is 9.44. The molecule has 0 bridgehead atoms. The van der Waals surface area contributed by atoms with Crippen molar-refractivity contribution >= 4 is 22.5 Å². The molecule has 0 aliphatic rings. The van der Waals surface area contributed by atoms with Crippen LogP contribution >= 0.6 is 0 Å². The van der Waals surface area contributed by atoms with Crippen molar-refractivity contribution in [3.63, 3.8) is 0 Å². The molecule has 4 rings (SSSR count). The van der Waals surface area contributed by atoms with E-state index < -0.39 is 0 Å². The van der Waals surface area contributed by atoms with Gasteiger partial charge in [0.05, 0.1) is 30.9 Å². The summed E-state index contributed by atoms with van der Waals surface area (Å²) in [5.41, 5.74) is 4.40. The number of para-hydroxylation sites is 2. The van der Waals surface area contributed by atoms with Gasteiger partial charge < -0.3 is 14.8 Å². The molecule has 4 aromatic rings. The number of ether oxygens (including phenoxy) is 2. The Hall–Kier alpha value is -3.28. The van der Waals surface area contributed by atoms with Crippen LogP contribution in [0.15, 0.2) is 48.7 Å². The average Bonchev–Trinajstić information content (AvgIpc) is 3.12. The number of hydrogen-bond donors (Lipinski definition) is 1. The van der Waals surface area contributed by atoms with Gasteiger partial charge in [0.15, 0.2) is 11.5 Å². The Labute approximate surface area is 145 Å². The van der Waals surface area contributed by atoms with E-state index in [1.165, 1.54) is 0 Å². The first-order valence-electron chi connectivity index (χ1n) is 7.93. The van der Waals surface area contributed by atoms with Crippen molar-refractivity contribution in [2.24, 2.45) is 0 Å². The van der Waals surface area contributed by atoms with Crippen LogP contribution in [0.3, 0.4) is 0 Å². The Morgan fingerprint density at radius 2 is 1.84 bits per heavy atom. The molecule has 2 aromatic heterocycles. The zero-order valence-electron chi connectivity index (χ0n) is 14.3. The maximum Gasteiger partial charge on any atom is 0.181 e. The molecule has 0 unspecified atom stereocenters. The summed E-state index contributed by atoms with van der Waals surface area (Å²) >= 11 is 0. The molecule has 0 aliphatic heterocycles. The number of rotatable bonds is 4. The summed E-state index contributed by atoms with van der Waals surface area (Å²) in [5, 5.41) is 3.13. The number of imidazole rings is 1. The van der Waals surface area contributed by atoms with Crippen molar-refractivity contribution in [3.05, 3.63) is 48.7 Å². The highest BCUT2D eigenvalue weighted by molar-refractivity contribution is 5.85. The van der Waals surface area contributed by atoms with Crippen molar-refractivity contribution in [2.45, 2.75) is 0 Å². The fourth-order valence-corrected chi connectivity index (χ4v) is 2.97. The molecule has 0 atom stereocenters. The van der Waals surface area contributed by atoms with Crippen LogP contribution in [0.1, 0.15) is 0 Å². The normalized spacial score (nSPS) is 11.0. The van der Waals surface area contributed by atoms with E-state index in [4.69, 9.17) is 14.5 Å². The molecular weight excluding hydrogens is 316 g/mol. The van der Waals surface area contributed by atoms with Gasteiger partial charge in [-0.15, -0.1) is 0 Å². The van der Waals surface area contributed by atoms with E-state index in [1.807, 2.05) is 60.1 Å². The first kappa shape index (κ1) is 15.3. The molecule has 2 aromatic carbocycles. The van der Waals surface area contributed by atoms with Gasteiger partial charge >= 0.3 is 0 Å². The Balaban J connectivity index is 2.00. The van der Waals surface area contributed by atoms with E-state index in [9.17, 15) is 0 Å². The topological polar surface area (TPSA) is 60.7 Å². The van der Waals surface area contributed by atoms with E-state index >= 15 is 0 Å². The molecule has 0 amide bonds. The number of fused-ring (bicyclic) bond motifs is 3. The van der Waals surface area contributed by atoms with Gasteiger partial charge in [-0.3, -0.25) is 4.40 Å². The van der Waals surface area contributed by atoms with Crippen LogP contribution in [0.25, 0.3) is 27.9 Å². The van der Waals surface area contributed by atoms with E-state index in [1.54, 1.807) is 14.2 Å². The van der Waals surface area contributed by atoms with Crippen LogP contribution in [-0.2, 0) is 0 Å². The van der Waals surface area contributed by atoms with Gasteiger partial charge in [0.1, 0.15) is 11.5 Å². The van der Waals surface area contributed by atoms with Crippen molar-refractivity contribution in [1.29, 1.82) is 0 Å². The largest absolute Gasteiger partial charge is 0.497 e. The van der Waals surface area contributed by atoms with Gasteiger partial charge in [0.2, 0.25) is 0 Å². The molecule has 2 heterocycles. The lowest BCUT2D eigenvalue weighted by molar-refractivity contribution is 0.395. The molecule has 0 spiro atoms. The second-order valence-electron chi connectivity index (χ2n) is 5.59. The monoisotopic (exact) mass is 334 g/mol. The molecule has 0 saturated carbocycles. The summed E-state index contributed by atoms with van der Waals surface area (Å²) in [7, 11) is 5.12. The van der Waals surface area contributed by atoms with E-state index in [0.717, 1.165) is 39.5 Å². The lowest BCUT2D eigenvalue weighted by Gasteiger charge is -2.08. The molecule has 0 radical (unpaired) electrons. The van der Waals surface area contributed by atoms with Gasteiger partial charge in [-0.1, -0.05) is 12.1 Å². The Morgan fingerprint density at radius 3 is 2.60 bits per heavy atom. The summed E-state index contributed by atoms with van der Waals surface area (Å²) in [6, 6.07) is 13.7. The third-order valence-electron chi connectivity index (χ3n) is 4.21. The standard InChI is InChI=1S/C19H18N4O2/c1-20-18-19-22-15(13-9-8-12(24-2)10-17(13)25-3)11-23(19)16-7-5-4-6-14(16)21-18/h4-11H,1-3H3,(H,20,21). The third kappa shape index (κ3) is 2.42. The number of methoxy groups -OCH3 is 2. The second-order valence-corrected chi connectivity index (χ2v) is 5.59. The average molecular weight is 334 g/mol.